The molecule has 2 heterocycles. The molecule has 8 nitrogen and oxygen atoms in total. The number of rotatable bonds is 8. The van der Waals surface area contributed by atoms with Crippen molar-refractivity contribution < 1.29 is 23.1 Å². The molecule has 1 saturated heterocycles. The summed E-state index contributed by atoms with van der Waals surface area (Å²) in [5.74, 6) is -0.210. The molecular weight excluding hydrogens is 529 g/mol. The minimum absolute atomic E-state index is 0. The van der Waals surface area contributed by atoms with Crippen LogP contribution in [0.1, 0.15) is 26.7 Å². The van der Waals surface area contributed by atoms with Crippen LogP contribution in [0.25, 0.3) is 0 Å². The Balaban J connectivity index is 0.00000420. The lowest BCUT2D eigenvalue weighted by molar-refractivity contribution is -0.149. The summed E-state index contributed by atoms with van der Waals surface area (Å²) < 4.78 is 29.9. The van der Waals surface area contributed by atoms with Crippen LogP contribution < -0.4 is 5.32 Å². The normalized spacial score (nSPS) is 18.7. The third-order valence-corrected chi connectivity index (χ3v) is 7.63. The summed E-state index contributed by atoms with van der Waals surface area (Å²) in [7, 11) is -3.52. The molecule has 0 radical (unpaired) electrons. The van der Waals surface area contributed by atoms with Crippen molar-refractivity contribution in [2.45, 2.75) is 37.0 Å². The predicted molar refractivity (Wildman–Crippen MR) is 125 cm³/mol. The van der Waals surface area contributed by atoms with Gasteiger partial charge >= 0.3 is 5.97 Å². The monoisotopic (exact) mass is 559 g/mol. The molecule has 11 heteroatoms. The third kappa shape index (κ3) is 8.02. The van der Waals surface area contributed by atoms with Crippen LogP contribution >= 0.6 is 35.3 Å². The van der Waals surface area contributed by atoms with E-state index in [9.17, 15) is 18.3 Å². The first kappa shape index (κ1) is 26.1. The van der Waals surface area contributed by atoms with Gasteiger partial charge < -0.3 is 20.1 Å². The molecule has 0 spiro atoms. The van der Waals surface area contributed by atoms with Crippen molar-refractivity contribution in [3.05, 3.63) is 17.5 Å². The molecule has 1 aliphatic rings. The quantitative estimate of drug-likeness (QED) is 0.216. The Hall–Kier alpha value is -0.920. The molecule has 29 heavy (non-hydrogen) atoms. The van der Waals surface area contributed by atoms with E-state index in [-0.39, 0.29) is 52.4 Å². The van der Waals surface area contributed by atoms with E-state index in [2.05, 4.69) is 10.3 Å². The Kier molecular flexibility index (Phi) is 11.4. The lowest BCUT2D eigenvalue weighted by Gasteiger charge is -2.34. The largest absolute Gasteiger partial charge is 0.466 e. The van der Waals surface area contributed by atoms with Crippen LogP contribution in [0, 0.1) is 5.92 Å². The van der Waals surface area contributed by atoms with Gasteiger partial charge in [-0.1, -0.05) is 6.07 Å². The van der Waals surface area contributed by atoms with Gasteiger partial charge in [0.2, 0.25) is 0 Å². The highest BCUT2D eigenvalue weighted by molar-refractivity contribution is 14.0. The minimum Gasteiger partial charge on any atom is -0.466 e. The molecule has 0 aliphatic carbocycles. The number of sulfone groups is 1. The molecule has 1 fully saturated rings. The fraction of sp³-hybridized carbons (Fsp3) is 0.667. The average Bonchev–Trinajstić information content (AvgIpc) is 3.21. The van der Waals surface area contributed by atoms with Crippen LogP contribution in [0.2, 0.25) is 0 Å². The van der Waals surface area contributed by atoms with E-state index in [0.717, 1.165) is 30.7 Å². The van der Waals surface area contributed by atoms with Crippen molar-refractivity contribution in [1.82, 2.24) is 10.2 Å². The molecule has 2 N–H and O–H groups in total. The van der Waals surface area contributed by atoms with Crippen molar-refractivity contribution >= 4 is 57.1 Å². The number of aliphatic imine (C=N–C) groups is 1. The first-order valence-corrected chi connectivity index (χ1v) is 12.0. The van der Waals surface area contributed by atoms with Gasteiger partial charge in [-0.05, 0) is 38.1 Å². The van der Waals surface area contributed by atoms with Gasteiger partial charge in [-0.25, -0.2) is 8.42 Å². The fourth-order valence-corrected chi connectivity index (χ4v) is 5.54. The summed E-state index contributed by atoms with van der Waals surface area (Å²) in [5, 5.41) is 15.1. The van der Waals surface area contributed by atoms with Crippen molar-refractivity contribution in [2.24, 2.45) is 10.9 Å². The molecule has 1 aromatic rings. The van der Waals surface area contributed by atoms with Crippen LogP contribution in [0.3, 0.4) is 0 Å². The van der Waals surface area contributed by atoms with Crippen LogP contribution in [0.15, 0.2) is 26.7 Å². The Bertz CT molecular complexity index is 756. The molecular formula is C18H30IN3O5S2. The third-order valence-electron chi connectivity index (χ3n) is 4.34. The number of thiophene rings is 1. The summed E-state index contributed by atoms with van der Waals surface area (Å²) in [6, 6.07) is 3.20. The molecule has 0 aromatic carbocycles. The average molecular weight is 559 g/mol. The summed E-state index contributed by atoms with van der Waals surface area (Å²) in [4.78, 5) is 18.4. The Labute approximate surface area is 193 Å². The number of carbonyl (C=O) groups is 1. The maximum Gasteiger partial charge on any atom is 0.310 e. The molecule has 0 bridgehead atoms. The van der Waals surface area contributed by atoms with Gasteiger partial charge in [0.05, 0.1) is 30.9 Å². The van der Waals surface area contributed by atoms with E-state index in [0.29, 0.717) is 25.7 Å². The predicted octanol–water partition coefficient (Wildman–Crippen LogP) is 1.74. The zero-order valence-electron chi connectivity index (χ0n) is 16.7. The Morgan fingerprint density at radius 2 is 2.24 bits per heavy atom. The zero-order valence-corrected chi connectivity index (χ0v) is 20.7. The SMILES string of the molecule is CCNC(=NCC(O)CS(=O)(=O)c1cccs1)N1CCCC(C(=O)OCC)C1.I. The number of esters is 1. The van der Waals surface area contributed by atoms with Gasteiger partial charge in [0, 0.05) is 19.6 Å². The summed E-state index contributed by atoms with van der Waals surface area (Å²) in [6.45, 7) is 5.90. The number of nitrogens with one attached hydrogen (secondary N) is 1. The second-order valence-corrected chi connectivity index (χ2v) is 9.81. The molecule has 2 unspecified atom stereocenters. The van der Waals surface area contributed by atoms with Crippen molar-refractivity contribution in [3.8, 4) is 0 Å². The molecule has 2 rings (SSSR count). The maximum atomic E-state index is 12.3. The van der Waals surface area contributed by atoms with E-state index in [1.54, 1.807) is 18.4 Å². The number of aliphatic hydroxyl groups is 1. The summed E-state index contributed by atoms with van der Waals surface area (Å²) in [6.07, 6.45) is 0.506. The van der Waals surface area contributed by atoms with Gasteiger partial charge in [-0.15, -0.1) is 35.3 Å². The summed E-state index contributed by atoms with van der Waals surface area (Å²) in [5.41, 5.74) is 0. The standard InChI is InChI=1S/C18H29N3O5S2.HI/c1-3-19-18(21-9-5-7-14(12-21)17(23)26-4-2)20-11-15(22)13-28(24,25)16-8-6-10-27-16;/h6,8,10,14-15,22H,3-5,7,9,11-13H2,1-2H3,(H,19,20);1H. The molecule has 2 atom stereocenters. The van der Waals surface area contributed by atoms with Crippen molar-refractivity contribution in [1.29, 1.82) is 0 Å². The van der Waals surface area contributed by atoms with Gasteiger partial charge in [-0.2, -0.15) is 0 Å². The van der Waals surface area contributed by atoms with Crippen LogP contribution in [0.5, 0.6) is 0 Å². The first-order valence-electron chi connectivity index (χ1n) is 9.51. The summed E-state index contributed by atoms with van der Waals surface area (Å²) >= 11 is 1.13. The lowest BCUT2D eigenvalue weighted by atomic mass is 9.98. The van der Waals surface area contributed by atoms with E-state index in [1.165, 1.54) is 6.07 Å². The van der Waals surface area contributed by atoms with E-state index in [1.807, 2.05) is 11.8 Å². The number of piperidine rings is 1. The highest BCUT2D eigenvalue weighted by Gasteiger charge is 2.28. The number of hydrogen-bond donors (Lipinski definition) is 2. The van der Waals surface area contributed by atoms with E-state index in [4.69, 9.17) is 4.74 Å². The maximum absolute atomic E-state index is 12.3. The number of nitrogens with zero attached hydrogens (tertiary/aromatic N) is 2. The second-order valence-electron chi connectivity index (χ2n) is 6.60. The van der Waals surface area contributed by atoms with Crippen LogP contribution in [0.4, 0.5) is 0 Å². The topological polar surface area (TPSA) is 108 Å². The highest BCUT2D eigenvalue weighted by Crippen LogP contribution is 2.19. The number of halogens is 1. The smallest absolute Gasteiger partial charge is 0.310 e. The number of guanidine groups is 1. The molecule has 1 aromatic heterocycles. The molecule has 1 aliphatic heterocycles. The second kappa shape index (κ2) is 12.7. The number of hydrogen-bond acceptors (Lipinski definition) is 7. The van der Waals surface area contributed by atoms with Crippen LogP contribution in [-0.4, -0.2) is 75.0 Å². The van der Waals surface area contributed by atoms with Crippen molar-refractivity contribution in [2.75, 3.05) is 38.5 Å². The molecule has 0 amide bonds. The number of ether oxygens (including phenoxy) is 1. The van der Waals surface area contributed by atoms with Crippen molar-refractivity contribution in [3.63, 3.8) is 0 Å². The number of aliphatic hydroxyl groups excluding tert-OH is 1. The number of likely N-dealkylation sites (tertiary alicyclic amines) is 1. The van der Waals surface area contributed by atoms with Gasteiger partial charge in [-0.3, -0.25) is 9.79 Å². The van der Waals surface area contributed by atoms with Gasteiger partial charge in [0.25, 0.3) is 0 Å². The van der Waals surface area contributed by atoms with Crippen LogP contribution in [-0.2, 0) is 19.4 Å². The van der Waals surface area contributed by atoms with Gasteiger partial charge in [0.1, 0.15) is 4.21 Å². The minimum atomic E-state index is -3.52. The zero-order chi connectivity index (χ0) is 20.6. The highest BCUT2D eigenvalue weighted by atomic mass is 127. The Morgan fingerprint density at radius 1 is 1.48 bits per heavy atom. The first-order chi connectivity index (χ1) is 13.4. The molecule has 0 saturated carbocycles. The molecule has 166 valence electrons. The Morgan fingerprint density at radius 3 is 2.86 bits per heavy atom. The lowest BCUT2D eigenvalue weighted by Crippen LogP contribution is -2.48. The van der Waals surface area contributed by atoms with E-state index >= 15 is 0 Å². The van der Waals surface area contributed by atoms with E-state index < -0.39 is 15.9 Å². The fourth-order valence-electron chi connectivity index (χ4n) is 3.07. The van der Waals surface area contributed by atoms with Gasteiger partial charge in [0.15, 0.2) is 15.8 Å². The number of carbonyl (C=O) groups excluding carboxylic acids is 1.